The van der Waals surface area contributed by atoms with Crippen LogP contribution in [0, 0.1) is 29.6 Å². The van der Waals surface area contributed by atoms with Crippen molar-refractivity contribution in [2.75, 3.05) is 13.6 Å². The van der Waals surface area contributed by atoms with Crippen LogP contribution in [0.2, 0.25) is 0 Å². The summed E-state index contributed by atoms with van der Waals surface area (Å²) < 4.78 is 0. The molecule has 0 aromatic heterocycles. The van der Waals surface area contributed by atoms with Gasteiger partial charge in [0, 0.05) is 65.4 Å². The van der Waals surface area contributed by atoms with E-state index in [4.69, 9.17) is 5.73 Å². The number of piperidine rings is 1. The SMILES string of the molecule is CNC1C(Br)CCC(C(=O)N2CCC3C4C(CCCCC42)NN3C2CCC(C3CCC3)CC2)C1C(C)N. The zero-order chi connectivity index (χ0) is 25.7. The van der Waals surface area contributed by atoms with E-state index in [9.17, 15) is 4.79 Å². The molecule has 4 N–H and O–H groups in total. The second-order valence-electron chi connectivity index (χ2n) is 13.7. The van der Waals surface area contributed by atoms with Gasteiger partial charge in [-0.3, -0.25) is 10.2 Å². The molecule has 37 heavy (non-hydrogen) atoms. The first-order valence-corrected chi connectivity index (χ1v) is 16.8. The molecule has 9 unspecified atom stereocenters. The second-order valence-corrected chi connectivity index (χ2v) is 14.8. The van der Waals surface area contributed by atoms with Gasteiger partial charge < -0.3 is 16.0 Å². The van der Waals surface area contributed by atoms with Crippen LogP contribution in [0.25, 0.3) is 0 Å². The predicted molar refractivity (Wildman–Crippen MR) is 153 cm³/mol. The summed E-state index contributed by atoms with van der Waals surface area (Å²) in [5.41, 5.74) is 10.7. The van der Waals surface area contributed by atoms with Gasteiger partial charge in [-0.05, 0) is 83.6 Å². The first-order chi connectivity index (χ1) is 18.0. The third-order valence-corrected chi connectivity index (χ3v) is 12.9. The quantitative estimate of drug-likeness (QED) is 0.422. The summed E-state index contributed by atoms with van der Waals surface area (Å²) in [5, 5.41) is 6.26. The molecule has 2 saturated heterocycles. The summed E-state index contributed by atoms with van der Waals surface area (Å²) in [6.45, 7) is 3.03. The molecule has 0 aromatic rings. The number of hydrogen-bond donors (Lipinski definition) is 3. The maximum atomic E-state index is 14.3. The lowest BCUT2D eigenvalue weighted by Crippen LogP contribution is -2.61. The van der Waals surface area contributed by atoms with Crippen LogP contribution >= 0.6 is 15.9 Å². The minimum absolute atomic E-state index is 0.00451. The molecule has 1 amide bonds. The maximum absolute atomic E-state index is 14.3. The molecule has 6 nitrogen and oxygen atoms in total. The largest absolute Gasteiger partial charge is 0.339 e. The van der Waals surface area contributed by atoms with Crippen molar-refractivity contribution in [2.45, 2.75) is 138 Å². The van der Waals surface area contributed by atoms with E-state index in [0.717, 1.165) is 37.6 Å². The van der Waals surface area contributed by atoms with Gasteiger partial charge in [0.1, 0.15) is 0 Å². The number of hydrogen-bond acceptors (Lipinski definition) is 5. The zero-order valence-electron chi connectivity index (χ0n) is 23.3. The Hall–Kier alpha value is -0.210. The van der Waals surface area contributed by atoms with Gasteiger partial charge in [-0.25, -0.2) is 5.01 Å². The molecule has 0 aromatic carbocycles. The Balaban J connectivity index is 1.17. The number of nitrogens with zero attached hydrogens (tertiary/aromatic N) is 2. The molecular weight excluding hydrogens is 526 g/mol. The summed E-state index contributed by atoms with van der Waals surface area (Å²) in [6, 6.07) is 2.50. The molecule has 0 radical (unpaired) electrons. The van der Waals surface area contributed by atoms with Crippen LogP contribution in [0.4, 0.5) is 0 Å². The molecule has 2 aliphatic heterocycles. The second kappa shape index (κ2) is 11.3. The molecule has 6 rings (SSSR count). The number of hydrazine groups is 1. The van der Waals surface area contributed by atoms with Crippen LogP contribution in [-0.4, -0.2) is 70.5 Å². The summed E-state index contributed by atoms with van der Waals surface area (Å²) >= 11 is 3.89. The Morgan fingerprint density at radius 1 is 0.919 bits per heavy atom. The molecule has 4 aliphatic carbocycles. The van der Waals surface area contributed by atoms with Gasteiger partial charge in [-0.15, -0.1) is 0 Å². The smallest absolute Gasteiger partial charge is 0.226 e. The third kappa shape index (κ3) is 4.96. The number of likely N-dealkylation sites (tertiary alicyclic amines) is 1. The van der Waals surface area contributed by atoms with Crippen LogP contribution in [-0.2, 0) is 4.79 Å². The fourth-order valence-corrected chi connectivity index (χ4v) is 10.7. The van der Waals surface area contributed by atoms with Gasteiger partial charge >= 0.3 is 0 Å². The van der Waals surface area contributed by atoms with E-state index in [1.54, 1.807) is 0 Å². The van der Waals surface area contributed by atoms with E-state index in [2.05, 4.69) is 43.5 Å². The van der Waals surface area contributed by atoms with E-state index in [1.807, 2.05) is 7.05 Å². The molecule has 6 fully saturated rings. The number of carbonyl (C=O) groups is 1. The summed E-state index contributed by atoms with van der Waals surface area (Å²) in [7, 11) is 2.03. The van der Waals surface area contributed by atoms with E-state index in [-0.39, 0.29) is 23.9 Å². The number of rotatable bonds is 5. The highest BCUT2D eigenvalue weighted by atomic mass is 79.9. The van der Waals surface area contributed by atoms with Crippen LogP contribution < -0.4 is 16.5 Å². The van der Waals surface area contributed by atoms with E-state index >= 15 is 0 Å². The Labute approximate surface area is 233 Å². The number of nitrogens with two attached hydrogens (primary N) is 1. The molecule has 6 aliphatic rings. The van der Waals surface area contributed by atoms with Gasteiger partial charge in [-0.2, -0.15) is 0 Å². The molecule has 7 heteroatoms. The molecular formula is C30H52BrN5O. The number of halogens is 1. The molecule has 0 spiro atoms. The number of amides is 1. The lowest BCUT2D eigenvalue weighted by atomic mass is 9.69. The number of carbonyl (C=O) groups excluding carboxylic acids is 1. The molecule has 210 valence electrons. The topological polar surface area (TPSA) is 73.6 Å². The van der Waals surface area contributed by atoms with E-state index in [1.165, 1.54) is 70.6 Å². The zero-order valence-corrected chi connectivity index (χ0v) is 24.9. The highest BCUT2D eigenvalue weighted by Crippen LogP contribution is 2.47. The van der Waals surface area contributed by atoms with Crippen molar-refractivity contribution >= 4 is 21.8 Å². The van der Waals surface area contributed by atoms with Crippen LogP contribution in [0.15, 0.2) is 0 Å². The minimum Gasteiger partial charge on any atom is -0.339 e. The normalized spacial score (nSPS) is 46.1. The van der Waals surface area contributed by atoms with Crippen molar-refractivity contribution in [1.29, 1.82) is 0 Å². The standard InChI is InChI=1S/C30H52BrN5O/c1-18(32)27-22(14-15-23(31)29(27)33-2)30(37)35-17-16-26-28-24(8-3-4-9-25(28)35)34-36(26)21-12-10-20(11-13-21)19-6-5-7-19/h18-29,33-34H,3-17,32H2,1-2H3. The van der Waals surface area contributed by atoms with Crippen LogP contribution in [0.3, 0.4) is 0 Å². The van der Waals surface area contributed by atoms with Crippen molar-refractivity contribution in [2.24, 2.45) is 35.3 Å². The molecule has 2 heterocycles. The number of alkyl halides is 1. The van der Waals surface area contributed by atoms with Crippen molar-refractivity contribution in [3.8, 4) is 0 Å². The van der Waals surface area contributed by atoms with Crippen molar-refractivity contribution < 1.29 is 4.79 Å². The highest BCUT2D eigenvalue weighted by Gasteiger charge is 2.54. The summed E-state index contributed by atoms with van der Waals surface area (Å²) in [4.78, 5) is 17.1. The maximum Gasteiger partial charge on any atom is 0.226 e. The van der Waals surface area contributed by atoms with Gasteiger partial charge in [0.15, 0.2) is 0 Å². The van der Waals surface area contributed by atoms with Crippen molar-refractivity contribution in [3.05, 3.63) is 0 Å². The minimum atomic E-state index is 0.00451. The van der Waals surface area contributed by atoms with Gasteiger partial charge in [0.05, 0.1) is 0 Å². The fourth-order valence-electron chi connectivity index (χ4n) is 9.83. The predicted octanol–water partition coefficient (Wildman–Crippen LogP) is 4.42. The highest BCUT2D eigenvalue weighted by molar-refractivity contribution is 9.09. The molecule has 9 atom stereocenters. The van der Waals surface area contributed by atoms with Gasteiger partial charge in [0.25, 0.3) is 0 Å². The lowest BCUT2D eigenvalue weighted by molar-refractivity contribution is -0.146. The van der Waals surface area contributed by atoms with Gasteiger partial charge in [-0.1, -0.05) is 48.0 Å². The van der Waals surface area contributed by atoms with Crippen LogP contribution in [0.5, 0.6) is 0 Å². The third-order valence-electron chi connectivity index (χ3n) is 11.9. The first-order valence-electron chi connectivity index (χ1n) is 15.9. The average Bonchev–Trinajstić information content (AvgIpc) is 3.10. The Bertz CT molecular complexity index is 799. The van der Waals surface area contributed by atoms with E-state index in [0.29, 0.717) is 40.8 Å². The van der Waals surface area contributed by atoms with Crippen molar-refractivity contribution in [1.82, 2.24) is 20.7 Å². The molecule has 4 saturated carbocycles. The Morgan fingerprint density at radius 2 is 1.65 bits per heavy atom. The van der Waals surface area contributed by atoms with E-state index < -0.39 is 0 Å². The Morgan fingerprint density at radius 3 is 2.32 bits per heavy atom. The van der Waals surface area contributed by atoms with Crippen molar-refractivity contribution in [3.63, 3.8) is 0 Å². The number of nitrogens with one attached hydrogen (secondary N) is 2. The monoisotopic (exact) mass is 577 g/mol. The lowest BCUT2D eigenvalue weighted by Gasteiger charge is -2.50. The van der Waals surface area contributed by atoms with Gasteiger partial charge in [0.2, 0.25) is 5.91 Å². The first kappa shape index (κ1) is 27.0. The van der Waals surface area contributed by atoms with Crippen LogP contribution in [0.1, 0.15) is 96.8 Å². The Kier molecular flexibility index (Phi) is 8.27. The summed E-state index contributed by atoms with van der Waals surface area (Å²) in [6.07, 6.45) is 18.2. The molecule has 0 bridgehead atoms. The fraction of sp³-hybridized carbons (Fsp3) is 0.967. The summed E-state index contributed by atoms with van der Waals surface area (Å²) in [5.74, 6) is 3.26. The average molecular weight is 579 g/mol.